The van der Waals surface area contributed by atoms with Gasteiger partial charge < -0.3 is 20.4 Å². The second kappa shape index (κ2) is 9.37. The Bertz CT molecular complexity index is 1010. The SMILES string of the molecule is COCC1CCCN1c1cccc(N=C(/C=C(\N)c2ccccc2)c2ncc[nH]2)n1. The maximum Gasteiger partial charge on any atom is 0.156 e. The number of allylic oxidation sites excluding steroid dienone is 1. The number of benzene rings is 1. The molecule has 1 unspecified atom stereocenters. The van der Waals surface area contributed by atoms with Crippen LogP contribution in [-0.4, -0.2) is 47.0 Å². The average molecular weight is 403 g/mol. The number of methoxy groups -OCH3 is 1. The molecule has 1 aromatic carbocycles. The summed E-state index contributed by atoms with van der Waals surface area (Å²) in [6, 6.07) is 16.0. The van der Waals surface area contributed by atoms with Gasteiger partial charge in [-0.1, -0.05) is 36.4 Å². The van der Waals surface area contributed by atoms with Crippen LogP contribution in [0.5, 0.6) is 0 Å². The topological polar surface area (TPSA) is 92.4 Å². The smallest absolute Gasteiger partial charge is 0.156 e. The molecule has 3 aromatic rings. The molecule has 0 aliphatic carbocycles. The summed E-state index contributed by atoms with van der Waals surface area (Å²) in [5.74, 6) is 2.16. The molecule has 1 fully saturated rings. The van der Waals surface area contributed by atoms with Gasteiger partial charge in [0.25, 0.3) is 0 Å². The van der Waals surface area contributed by atoms with Crippen molar-refractivity contribution in [1.82, 2.24) is 15.0 Å². The highest BCUT2D eigenvalue weighted by Crippen LogP contribution is 2.26. The first kappa shape index (κ1) is 19.8. The zero-order valence-corrected chi connectivity index (χ0v) is 17.0. The van der Waals surface area contributed by atoms with E-state index in [1.54, 1.807) is 19.5 Å². The van der Waals surface area contributed by atoms with Crippen molar-refractivity contribution < 1.29 is 4.74 Å². The number of pyridine rings is 1. The maximum absolute atomic E-state index is 6.33. The Morgan fingerprint density at radius 1 is 1.27 bits per heavy atom. The molecular weight excluding hydrogens is 376 g/mol. The van der Waals surface area contributed by atoms with Crippen LogP contribution in [0.3, 0.4) is 0 Å². The molecule has 1 atom stereocenters. The molecule has 154 valence electrons. The van der Waals surface area contributed by atoms with E-state index >= 15 is 0 Å². The molecule has 2 aromatic heterocycles. The molecule has 1 aliphatic heterocycles. The van der Waals surface area contributed by atoms with Gasteiger partial charge in [-0.2, -0.15) is 0 Å². The highest BCUT2D eigenvalue weighted by atomic mass is 16.5. The minimum absolute atomic E-state index is 0.347. The molecule has 0 radical (unpaired) electrons. The largest absolute Gasteiger partial charge is 0.398 e. The van der Waals surface area contributed by atoms with Crippen LogP contribution < -0.4 is 10.6 Å². The second-order valence-electron chi connectivity index (χ2n) is 7.20. The number of aliphatic imine (C=N–C) groups is 1. The number of hydrogen-bond donors (Lipinski definition) is 2. The predicted octanol–water partition coefficient (Wildman–Crippen LogP) is 3.54. The Morgan fingerprint density at radius 3 is 2.90 bits per heavy atom. The molecule has 0 bridgehead atoms. The van der Waals surface area contributed by atoms with Gasteiger partial charge in [-0.05, 0) is 36.6 Å². The Kier molecular flexibility index (Phi) is 6.20. The van der Waals surface area contributed by atoms with Crippen LogP contribution in [0.15, 0.2) is 72.0 Å². The molecule has 0 spiro atoms. The minimum Gasteiger partial charge on any atom is -0.398 e. The number of anilines is 1. The van der Waals surface area contributed by atoms with Gasteiger partial charge in [-0.3, -0.25) is 0 Å². The molecule has 3 heterocycles. The van der Waals surface area contributed by atoms with Crippen LogP contribution in [0.4, 0.5) is 11.6 Å². The van der Waals surface area contributed by atoms with Crippen LogP contribution in [-0.2, 0) is 4.74 Å². The molecule has 0 saturated carbocycles. The van der Waals surface area contributed by atoms with E-state index in [9.17, 15) is 0 Å². The number of imidazole rings is 1. The summed E-state index contributed by atoms with van der Waals surface area (Å²) in [6.07, 6.45) is 7.53. The quantitative estimate of drug-likeness (QED) is 0.590. The van der Waals surface area contributed by atoms with E-state index < -0.39 is 0 Å². The summed E-state index contributed by atoms with van der Waals surface area (Å²) in [5, 5.41) is 0. The predicted molar refractivity (Wildman–Crippen MR) is 120 cm³/mol. The standard InChI is InChI=1S/C23H26N6O/c1-30-16-18-9-6-14-29(18)22-11-5-10-21(28-22)27-20(23-25-12-13-26-23)15-19(24)17-7-3-2-4-8-17/h2-5,7-8,10-13,15,18H,6,9,14,16,24H2,1H3,(H,25,26)/b19-15-,27-20?. The van der Waals surface area contributed by atoms with Gasteiger partial charge in [-0.15, -0.1) is 0 Å². The molecule has 7 heteroatoms. The maximum atomic E-state index is 6.33. The van der Waals surface area contributed by atoms with Crippen LogP contribution in [0.2, 0.25) is 0 Å². The lowest BCUT2D eigenvalue weighted by Crippen LogP contribution is -2.33. The number of hydrogen-bond acceptors (Lipinski definition) is 6. The Hall–Kier alpha value is -3.45. The number of H-pyrrole nitrogens is 1. The number of rotatable bonds is 7. The van der Waals surface area contributed by atoms with E-state index in [1.165, 1.54) is 0 Å². The number of aromatic nitrogens is 3. The van der Waals surface area contributed by atoms with Gasteiger partial charge in [0, 0.05) is 31.7 Å². The highest BCUT2D eigenvalue weighted by Gasteiger charge is 2.25. The molecular formula is C23H26N6O. The fraction of sp³-hybridized carbons (Fsp3) is 0.261. The summed E-state index contributed by atoms with van der Waals surface area (Å²) >= 11 is 0. The molecule has 1 aliphatic rings. The monoisotopic (exact) mass is 402 g/mol. The zero-order chi connectivity index (χ0) is 20.8. The summed E-state index contributed by atoms with van der Waals surface area (Å²) in [4.78, 5) is 19.3. The van der Waals surface area contributed by atoms with Crippen molar-refractivity contribution in [2.75, 3.05) is 25.2 Å². The van der Waals surface area contributed by atoms with Crippen molar-refractivity contribution in [2.45, 2.75) is 18.9 Å². The summed E-state index contributed by atoms with van der Waals surface area (Å²) < 4.78 is 5.38. The Morgan fingerprint density at radius 2 is 2.13 bits per heavy atom. The van der Waals surface area contributed by atoms with Gasteiger partial charge in [0.1, 0.15) is 11.5 Å². The molecule has 7 nitrogen and oxygen atoms in total. The van der Waals surface area contributed by atoms with E-state index in [1.807, 2.05) is 54.6 Å². The zero-order valence-electron chi connectivity index (χ0n) is 17.0. The first-order chi connectivity index (χ1) is 14.7. The van der Waals surface area contributed by atoms with E-state index in [4.69, 9.17) is 20.4 Å². The highest BCUT2D eigenvalue weighted by molar-refractivity contribution is 6.10. The van der Waals surface area contributed by atoms with Crippen LogP contribution in [0.1, 0.15) is 24.2 Å². The lowest BCUT2D eigenvalue weighted by atomic mass is 10.1. The van der Waals surface area contributed by atoms with Crippen LogP contribution in [0.25, 0.3) is 5.70 Å². The van der Waals surface area contributed by atoms with Gasteiger partial charge in [-0.25, -0.2) is 15.0 Å². The first-order valence-corrected chi connectivity index (χ1v) is 10.1. The fourth-order valence-corrected chi connectivity index (χ4v) is 3.68. The Balaban J connectivity index is 1.67. The van der Waals surface area contributed by atoms with E-state index in [2.05, 4.69) is 14.9 Å². The molecule has 30 heavy (non-hydrogen) atoms. The van der Waals surface area contributed by atoms with Gasteiger partial charge in [0.05, 0.1) is 12.6 Å². The van der Waals surface area contributed by atoms with Crippen molar-refractivity contribution in [3.05, 3.63) is 78.4 Å². The molecule has 1 saturated heterocycles. The summed E-state index contributed by atoms with van der Waals surface area (Å²) in [5.41, 5.74) is 8.50. The normalized spacial score (nSPS) is 17.5. The van der Waals surface area contributed by atoms with E-state index in [0.29, 0.717) is 35.7 Å². The number of aromatic amines is 1. The van der Waals surface area contributed by atoms with Gasteiger partial charge in [0.15, 0.2) is 11.6 Å². The lowest BCUT2D eigenvalue weighted by Gasteiger charge is -2.25. The summed E-state index contributed by atoms with van der Waals surface area (Å²) in [6.45, 7) is 1.67. The molecule has 4 rings (SSSR count). The number of nitrogens with one attached hydrogen (secondary N) is 1. The number of nitrogens with zero attached hydrogens (tertiary/aromatic N) is 4. The van der Waals surface area contributed by atoms with Gasteiger partial charge >= 0.3 is 0 Å². The van der Waals surface area contributed by atoms with Crippen LogP contribution >= 0.6 is 0 Å². The van der Waals surface area contributed by atoms with E-state index in [-0.39, 0.29) is 0 Å². The second-order valence-corrected chi connectivity index (χ2v) is 7.20. The van der Waals surface area contributed by atoms with Crippen molar-refractivity contribution in [3.8, 4) is 0 Å². The molecule has 0 amide bonds. The summed E-state index contributed by atoms with van der Waals surface area (Å²) in [7, 11) is 1.74. The first-order valence-electron chi connectivity index (χ1n) is 10.1. The van der Waals surface area contributed by atoms with Gasteiger partial charge in [0.2, 0.25) is 0 Å². The average Bonchev–Trinajstić information content (AvgIpc) is 3.47. The van der Waals surface area contributed by atoms with Crippen molar-refractivity contribution in [1.29, 1.82) is 0 Å². The third-order valence-corrected chi connectivity index (χ3v) is 5.13. The van der Waals surface area contributed by atoms with Crippen LogP contribution in [0, 0.1) is 0 Å². The molecule has 3 N–H and O–H groups in total. The van der Waals surface area contributed by atoms with Crippen molar-refractivity contribution in [3.63, 3.8) is 0 Å². The Labute approximate surface area is 176 Å². The fourth-order valence-electron chi connectivity index (χ4n) is 3.68. The lowest BCUT2D eigenvalue weighted by molar-refractivity contribution is 0.180. The third-order valence-electron chi connectivity index (χ3n) is 5.13. The van der Waals surface area contributed by atoms with Crippen molar-refractivity contribution >= 4 is 23.0 Å². The third kappa shape index (κ3) is 4.58. The number of nitrogens with two attached hydrogens (primary N) is 1. The van der Waals surface area contributed by atoms with Crippen molar-refractivity contribution in [2.24, 2.45) is 10.7 Å². The minimum atomic E-state index is 0.347. The number of ether oxygens (including phenoxy) is 1. The van der Waals surface area contributed by atoms with E-state index in [0.717, 1.165) is 30.8 Å².